The van der Waals surface area contributed by atoms with Crippen molar-refractivity contribution >= 4 is 5.91 Å². The second-order valence-electron chi connectivity index (χ2n) is 4.86. The number of nitrogens with two attached hydrogens (primary N) is 1. The molecule has 0 spiro atoms. The van der Waals surface area contributed by atoms with Gasteiger partial charge in [-0.05, 0) is 24.5 Å². The summed E-state index contributed by atoms with van der Waals surface area (Å²) in [5.41, 5.74) is 4.61. The van der Waals surface area contributed by atoms with Gasteiger partial charge in [0.1, 0.15) is 0 Å². The minimum Gasteiger partial charge on any atom is -0.370 e. The lowest BCUT2D eigenvalue weighted by atomic mass is 9.62. The molecule has 0 heterocycles. The molecule has 2 N–H and O–H groups in total. The van der Waals surface area contributed by atoms with Gasteiger partial charge in [0.2, 0.25) is 5.91 Å². The normalized spacial score (nSPS) is 18.2. The number of carbonyl (C=O) groups is 1. The third-order valence-corrected chi connectivity index (χ3v) is 3.63. The maximum absolute atomic E-state index is 12.6. The first-order valence-electron chi connectivity index (χ1n) is 5.80. The van der Waals surface area contributed by atoms with Crippen LogP contribution in [-0.2, 0) is 16.4 Å². The highest BCUT2D eigenvalue weighted by Gasteiger charge is 2.41. The lowest BCUT2D eigenvalue weighted by Gasteiger charge is -2.42. The Kier molecular flexibility index (Phi) is 3.09. The number of hydrogen-bond acceptors (Lipinski definition) is 1. The molecule has 1 fully saturated rings. The van der Waals surface area contributed by atoms with Crippen LogP contribution in [0.4, 0.5) is 13.2 Å². The van der Waals surface area contributed by atoms with E-state index in [2.05, 4.69) is 0 Å². The van der Waals surface area contributed by atoms with Gasteiger partial charge in [0.05, 0.1) is 5.56 Å². The molecule has 1 aromatic rings. The van der Waals surface area contributed by atoms with Crippen molar-refractivity contribution in [2.45, 2.75) is 37.3 Å². The minimum atomic E-state index is -4.35. The largest absolute Gasteiger partial charge is 0.416 e. The van der Waals surface area contributed by atoms with Gasteiger partial charge >= 0.3 is 6.18 Å². The SMILES string of the molecule is NC(=O)CC1(c2cccc(C(F)(F)F)c2)CCC1. The smallest absolute Gasteiger partial charge is 0.370 e. The number of amides is 1. The summed E-state index contributed by atoms with van der Waals surface area (Å²) in [4.78, 5) is 11.1. The van der Waals surface area contributed by atoms with Gasteiger partial charge in [0, 0.05) is 11.8 Å². The highest BCUT2D eigenvalue weighted by atomic mass is 19.4. The van der Waals surface area contributed by atoms with Crippen molar-refractivity contribution in [1.29, 1.82) is 0 Å². The second kappa shape index (κ2) is 4.30. The minimum absolute atomic E-state index is 0.119. The van der Waals surface area contributed by atoms with E-state index in [1.807, 2.05) is 0 Å². The van der Waals surface area contributed by atoms with Crippen LogP contribution in [0.3, 0.4) is 0 Å². The molecule has 2 rings (SSSR count). The molecule has 98 valence electrons. The molecule has 1 aliphatic rings. The summed E-state index contributed by atoms with van der Waals surface area (Å²) in [6.07, 6.45) is -1.87. The van der Waals surface area contributed by atoms with Crippen molar-refractivity contribution in [2.75, 3.05) is 0 Å². The Bertz CT molecular complexity index is 464. The van der Waals surface area contributed by atoms with Crippen molar-refractivity contribution < 1.29 is 18.0 Å². The summed E-state index contributed by atoms with van der Waals surface area (Å²) in [6.45, 7) is 0. The van der Waals surface area contributed by atoms with Crippen molar-refractivity contribution in [3.05, 3.63) is 35.4 Å². The zero-order chi connectivity index (χ0) is 13.4. The summed E-state index contributed by atoms with van der Waals surface area (Å²) in [5, 5.41) is 0. The van der Waals surface area contributed by atoms with Gasteiger partial charge in [-0.2, -0.15) is 13.2 Å². The summed E-state index contributed by atoms with van der Waals surface area (Å²) in [5.74, 6) is -0.466. The van der Waals surface area contributed by atoms with E-state index in [1.165, 1.54) is 6.07 Å². The van der Waals surface area contributed by atoms with Gasteiger partial charge in [-0.1, -0.05) is 24.6 Å². The standard InChI is InChI=1S/C13H14F3NO/c14-13(15,16)10-4-1-3-9(7-10)12(5-2-6-12)8-11(17)18/h1,3-4,7H,2,5-6,8H2,(H2,17,18). The molecule has 0 unspecified atom stereocenters. The van der Waals surface area contributed by atoms with Crippen molar-refractivity contribution in [3.8, 4) is 0 Å². The number of hydrogen-bond donors (Lipinski definition) is 1. The topological polar surface area (TPSA) is 43.1 Å². The molecule has 0 aliphatic heterocycles. The molecule has 0 radical (unpaired) electrons. The summed E-state index contributed by atoms with van der Waals surface area (Å²) >= 11 is 0. The van der Waals surface area contributed by atoms with E-state index in [-0.39, 0.29) is 6.42 Å². The fourth-order valence-electron chi connectivity index (χ4n) is 2.53. The maximum Gasteiger partial charge on any atom is 0.416 e. The molecule has 2 nitrogen and oxygen atoms in total. The molecule has 1 saturated carbocycles. The van der Waals surface area contributed by atoms with E-state index in [4.69, 9.17) is 5.73 Å². The Hall–Kier alpha value is -1.52. The van der Waals surface area contributed by atoms with Gasteiger partial charge in [-0.3, -0.25) is 4.79 Å². The van der Waals surface area contributed by atoms with Crippen molar-refractivity contribution in [2.24, 2.45) is 5.73 Å². The number of benzene rings is 1. The second-order valence-corrected chi connectivity index (χ2v) is 4.86. The van der Waals surface area contributed by atoms with Crippen LogP contribution in [0.5, 0.6) is 0 Å². The van der Waals surface area contributed by atoms with E-state index in [0.29, 0.717) is 5.56 Å². The van der Waals surface area contributed by atoms with Crippen molar-refractivity contribution in [1.82, 2.24) is 0 Å². The Morgan fingerprint density at radius 1 is 1.33 bits per heavy atom. The summed E-state index contributed by atoms with van der Waals surface area (Å²) in [7, 11) is 0. The zero-order valence-electron chi connectivity index (χ0n) is 9.76. The fourth-order valence-corrected chi connectivity index (χ4v) is 2.53. The Morgan fingerprint density at radius 3 is 2.44 bits per heavy atom. The Labute approximate surface area is 103 Å². The predicted octanol–water partition coefficient (Wildman–Crippen LogP) is 3.00. The predicted molar refractivity (Wildman–Crippen MR) is 60.8 cm³/mol. The first-order valence-corrected chi connectivity index (χ1v) is 5.80. The van der Waals surface area contributed by atoms with Gasteiger partial charge < -0.3 is 5.73 Å². The third kappa shape index (κ3) is 2.35. The summed E-state index contributed by atoms with van der Waals surface area (Å²) in [6, 6.07) is 5.22. The average Bonchev–Trinajstić information content (AvgIpc) is 2.22. The van der Waals surface area contributed by atoms with E-state index < -0.39 is 23.1 Å². The van der Waals surface area contributed by atoms with E-state index in [1.54, 1.807) is 6.07 Å². The fraction of sp³-hybridized carbons (Fsp3) is 0.462. The molecular weight excluding hydrogens is 243 g/mol. The number of halogens is 3. The lowest BCUT2D eigenvalue weighted by molar-refractivity contribution is -0.137. The molecule has 0 aromatic heterocycles. The number of rotatable bonds is 3. The van der Waals surface area contributed by atoms with Gasteiger partial charge in [-0.15, -0.1) is 0 Å². The third-order valence-electron chi connectivity index (χ3n) is 3.63. The molecule has 18 heavy (non-hydrogen) atoms. The van der Waals surface area contributed by atoms with Crippen LogP contribution < -0.4 is 5.73 Å². The van der Waals surface area contributed by atoms with Gasteiger partial charge in [0.15, 0.2) is 0 Å². The van der Waals surface area contributed by atoms with Crippen LogP contribution in [-0.4, -0.2) is 5.91 Å². The Morgan fingerprint density at radius 2 is 2.00 bits per heavy atom. The van der Waals surface area contributed by atoms with Gasteiger partial charge in [-0.25, -0.2) is 0 Å². The van der Waals surface area contributed by atoms with Crippen LogP contribution >= 0.6 is 0 Å². The molecule has 0 atom stereocenters. The molecule has 5 heteroatoms. The van der Waals surface area contributed by atoms with Crippen molar-refractivity contribution in [3.63, 3.8) is 0 Å². The Balaban J connectivity index is 2.35. The maximum atomic E-state index is 12.6. The first kappa shape index (κ1) is 12.9. The van der Waals surface area contributed by atoms with E-state index >= 15 is 0 Å². The molecule has 1 aliphatic carbocycles. The molecule has 1 amide bonds. The summed E-state index contributed by atoms with van der Waals surface area (Å²) < 4.78 is 37.9. The molecule has 0 saturated heterocycles. The average molecular weight is 257 g/mol. The van der Waals surface area contributed by atoms with Crippen LogP contribution in [0.25, 0.3) is 0 Å². The monoisotopic (exact) mass is 257 g/mol. The number of primary amides is 1. The quantitative estimate of drug-likeness (QED) is 0.888. The number of alkyl halides is 3. The molecule has 1 aromatic carbocycles. The van der Waals surface area contributed by atoms with E-state index in [0.717, 1.165) is 31.4 Å². The van der Waals surface area contributed by atoms with Crippen LogP contribution in [0.1, 0.15) is 36.8 Å². The zero-order valence-corrected chi connectivity index (χ0v) is 9.76. The van der Waals surface area contributed by atoms with E-state index in [9.17, 15) is 18.0 Å². The lowest BCUT2D eigenvalue weighted by Crippen LogP contribution is -2.38. The highest BCUT2D eigenvalue weighted by Crippen LogP contribution is 2.47. The molecular formula is C13H14F3NO. The van der Waals surface area contributed by atoms with Gasteiger partial charge in [0.25, 0.3) is 0 Å². The van der Waals surface area contributed by atoms with Crippen LogP contribution in [0.2, 0.25) is 0 Å². The van der Waals surface area contributed by atoms with Crippen LogP contribution in [0, 0.1) is 0 Å². The first-order chi connectivity index (χ1) is 8.33. The number of carbonyl (C=O) groups excluding carboxylic acids is 1. The molecule has 0 bridgehead atoms. The van der Waals surface area contributed by atoms with Crippen LogP contribution in [0.15, 0.2) is 24.3 Å². The highest BCUT2D eigenvalue weighted by molar-refractivity contribution is 5.76.